The zero-order valence-electron chi connectivity index (χ0n) is 12.6. The van der Waals surface area contributed by atoms with Crippen LogP contribution < -0.4 is 11.3 Å². The first-order valence-corrected chi connectivity index (χ1v) is 6.78. The van der Waals surface area contributed by atoms with Crippen LogP contribution in [0.5, 0.6) is 0 Å². The van der Waals surface area contributed by atoms with Gasteiger partial charge in [0.25, 0.3) is 0 Å². The van der Waals surface area contributed by atoms with E-state index in [0.717, 1.165) is 22.4 Å². The number of benzene rings is 1. The SMILES string of the molecule is Cc1nc(NN)c(C)c(-n2cnc3cc(C)c(C)cc32)n1. The fraction of sp³-hybridized carbons (Fsp3) is 0.267. The summed E-state index contributed by atoms with van der Waals surface area (Å²) in [5, 5.41) is 0. The molecule has 2 aromatic heterocycles. The number of nitrogen functional groups attached to an aromatic ring is 1. The van der Waals surface area contributed by atoms with E-state index in [2.05, 4.69) is 46.4 Å². The van der Waals surface area contributed by atoms with Crippen LogP contribution >= 0.6 is 0 Å². The van der Waals surface area contributed by atoms with Crippen molar-refractivity contribution < 1.29 is 0 Å². The van der Waals surface area contributed by atoms with Gasteiger partial charge < -0.3 is 5.43 Å². The number of anilines is 1. The standard InChI is InChI=1S/C15H18N6/c1-8-5-12-13(6-9(8)2)21(7-17-12)15-10(3)14(20-16)18-11(4)19-15/h5-7H,16H2,1-4H3,(H,18,19,20). The van der Waals surface area contributed by atoms with Gasteiger partial charge in [-0.15, -0.1) is 0 Å². The Morgan fingerprint density at radius 1 is 1.05 bits per heavy atom. The van der Waals surface area contributed by atoms with Gasteiger partial charge in [0.2, 0.25) is 0 Å². The van der Waals surface area contributed by atoms with E-state index in [1.165, 1.54) is 11.1 Å². The van der Waals surface area contributed by atoms with Crippen LogP contribution in [0.2, 0.25) is 0 Å². The van der Waals surface area contributed by atoms with Gasteiger partial charge in [-0.2, -0.15) is 0 Å². The van der Waals surface area contributed by atoms with Crippen molar-refractivity contribution >= 4 is 16.9 Å². The fourth-order valence-electron chi connectivity index (χ4n) is 2.42. The summed E-state index contributed by atoms with van der Waals surface area (Å²) in [5.74, 6) is 7.62. The second kappa shape index (κ2) is 4.82. The number of nitrogens with two attached hydrogens (primary N) is 1. The van der Waals surface area contributed by atoms with Gasteiger partial charge in [-0.3, -0.25) is 4.57 Å². The molecule has 0 unspecified atom stereocenters. The van der Waals surface area contributed by atoms with Crippen molar-refractivity contribution in [3.63, 3.8) is 0 Å². The lowest BCUT2D eigenvalue weighted by Crippen LogP contribution is -2.14. The Kier molecular flexibility index (Phi) is 3.10. The molecular weight excluding hydrogens is 264 g/mol. The summed E-state index contributed by atoms with van der Waals surface area (Å²) < 4.78 is 1.98. The Morgan fingerprint density at radius 3 is 2.48 bits per heavy atom. The van der Waals surface area contributed by atoms with E-state index in [9.17, 15) is 0 Å². The number of fused-ring (bicyclic) bond motifs is 1. The van der Waals surface area contributed by atoms with E-state index >= 15 is 0 Å². The van der Waals surface area contributed by atoms with Crippen LogP contribution in [0.1, 0.15) is 22.5 Å². The van der Waals surface area contributed by atoms with E-state index in [4.69, 9.17) is 5.84 Å². The Bertz CT molecular complexity index is 834. The largest absolute Gasteiger partial charge is 0.308 e. The molecule has 21 heavy (non-hydrogen) atoms. The first kappa shape index (κ1) is 13.5. The van der Waals surface area contributed by atoms with Crippen molar-refractivity contribution in [1.29, 1.82) is 0 Å². The van der Waals surface area contributed by atoms with Crippen molar-refractivity contribution in [3.05, 3.63) is 41.0 Å². The van der Waals surface area contributed by atoms with E-state index in [1.54, 1.807) is 6.33 Å². The van der Waals surface area contributed by atoms with Crippen LogP contribution in [-0.4, -0.2) is 19.5 Å². The summed E-state index contributed by atoms with van der Waals surface area (Å²) in [7, 11) is 0. The maximum atomic E-state index is 5.53. The molecule has 1 aromatic carbocycles. The first-order chi connectivity index (χ1) is 10.0. The number of hydrogen-bond donors (Lipinski definition) is 2. The van der Waals surface area contributed by atoms with Gasteiger partial charge in [0, 0.05) is 5.56 Å². The zero-order valence-corrected chi connectivity index (χ0v) is 12.6. The van der Waals surface area contributed by atoms with Gasteiger partial charge in [0.05, 0.1) is 11.0 Å². The minimum absolute atomic E-state index is 0.628. The molecule has 2 heterocycles. The van der Waals surface area contributed by atoms with Crippen molar-refractivity contribution in [2.75, 3.05) is 5.43 Å². The normalized spacial score (nSPS) is 11.1. The molecule has 0 aliphatic rings. The molecule has 3 rings (SSSR count). The number of aryl methyl sites for hydroxylation is 3. The maximum absolute atomic E-state index is 5.53. The summed E-state index contributed by atoms with van der Waals surface area (Å²) in [6.07, 6.45) is 1.79. The Labute approximate surface area is 123 Å². The molecular formula is C15H18N6. The highest BCUT2D eigenvalue weighted by molar-refractivity contribution is 5.79. The molecule has 0 saturated heterocycles. The summed E-state index contributed by atoms with van der Waals surface area (Å²) in [5.41, 5.74) is 7.95. The third kappa shape index (κ3) is 2.13. The smallest absolute Gasteiger partial charge is 0.148 e. The maximum Gasteiger partial charge on any atom is 0.148 e. The average molecular weight is 282 g/mol. The van der Waals surface area contributed by atoms with Gasteiger partial charge >= 0.3 is 0 Å². The van der Waals surface area contributed by atoms with Crippen LogP contribution in [0, 0.1) is 27.7 Å². The predicted octanol–water partition coefficient (Wildman–Crippen LogP) is 2.33. The molecule has 0 spiro atoms. The molecule has 0 amide bonds. The third-order valence-electron chi connectivity index (χ3n) is 3.76. The molecule has 0 bridgehead atoms. The Morgan fingerprint density at radius 2 is 1.76 bits per heavy atom. The number of hydrogen-bond acceptors (Lipinski definition) is 5. The minimum Gasteiger partial charge on any atom is -0.308 e. The van der Waals surface area contributed by atoms with Crippen molar-refractivity contribution in [3.8, 4) is 5.82 Å². The predicted molar refractivity (Wildman–Crippen MR) is 83.4 cm³/mol. The van der Waals surface area contributed by atoms with E-state index in [-0.39, 0.29) is 0 Å². The van der Waals surface area contributed by atoms with Crippen LogP contribution in [0.15, 0.2) is 18.5 Å². The average Bonchev–Trinajstić information content (AvgIpc) is 2.84. The molecule has 0 fully saturated rings. The van der Waals surface area contributed by atoms with Crippen LogP contribution in [-0.2, 0) is 0 Å². The van der Waals surface area contributed by atoms with Gasteiger partial charge in [-0.25, -0.2) is 20.8 Å². The second-order valence-corrected chi connectivity index (χ2v) is 5.25. The number of hydrazine groups is 1. The highest BCUT2D eigenvalue weighted by Gasteiger charge is 2.13. The molecule has 3 aromatic rings. The van der Waals surface area contributed by atoms with E-state index < -0.39 is 0 Å². The van der Waals surface area contributed by atoms with Crippen LogP contribution in [0.4, 0.5) is 5.82 Å². The molecule has 0 saturated carbocycles. The number of nitrogens with one attached hydrogen (secondary N) is 1. The molecule has 3 N–H and O–H groups in total. The monoisotopic (exact) mass is 282 g/mol. The van der Waals surface area contributed by atoms with E-state index in [0.29, 0.717) is 11.6 Å². The van der Waals surface area contributed by atoms with Crippen LogP contribution in [0.3, 0.4) is 0 Å². The summed E-state index contributed by atoms with van der Waals surface area (Å²) in [6, 6.07) is 4.22. The summed E-state index contributed by atoms with van der Waals surface area (Å²) >= 11 is 0. The molecule has 108 valence electrons. The lowest BCUT2D eigenvalue weighted by Gasteiger charge is -2.12. The third-order valence-corrected chi connectivity index (χ3v) is 3.76. The summed E-state index contributed by atoms with van der Waals surface area (Å²) in [4.78, 5) is 13.3. The van der Waals surface area contributed by atoms with Gasteiger partial charge in [-0.05, 0) is 51.0 Å². The fourth-order valence-corrected chi connectivity index (χ4v) is 2.42. The number of aromatic nitrogens is 4. The number of rotatable bonds is 2. The molecule has 0 aliphatic carbocycles. The van der Waals surface area contributed by atoms with E-state index in [1.807, 2.05) is 18.4 Å². The molecule has 6 heteroatoms. The second-order valence-electron chi connectivity index (χ2n) is 5.25. The molecule has 0 atom stereocenters. The highest BCUT2D eigenvalue weighted by atomic mass is 15.3. The van der Waals surface area contributed by atoms with Gasteiger partial charge in [0.15, 0.2) is 0 Å². The first-order valence-electron chi connectivity index (χ1n) is 6.78. The van der Waals surface area contributed by atoms with Gasteiger partial charge in [-0.1, -0.05) is 0 Å². The molecule has 0 aliphatic heterocycles. The topological polar surface area (TPSA) is 81.6 Å². The Hall–Kier alpha value is -2.47. The highest BCUT2D eigenvalue weighted by Crippen LogP contribution is 2.24. The summed E-state index contributed by atoms with van der Waals surface area (Å²) in [6.45, 7) is 7.97. The lowest BCUT2D eigenvalue weighted by atomic mass is 10.1. The quantitative estimate of drug-likeness (QED) is 0.557. The van der Waals surface area contributed by atoms with Crippen molar-refractivity contribution in [1.82, 2.24) is 19.5 Å². The molecule has 0 radical (unpaired) electrons. The van der Waals surface area contributed by atoms with Crippen molar-refractivity contribution in [2.24, 2.45) is 5.84 Å². The van der Waals surface area contributed by atoms with Gasteiger partial charge in [0.1, 0.15) is 23.8 Å². The Balaban J connectivity index is 2.31. The minimum atomic E-state index is 0.628. The number of imidazole rings is 1. The van der Waals surface area contributed by atoms with Crippen molar-refractivity contribution in [2.45, 2.75) is 27.7 Å². The zero-order chi connectivity index (χ0) is 15.1. The molecule has 6 nitrogen and oxygen atoms in total. The number of nitrogens with zero attached hydrogens (tertiary/aromatic N) is 4. The van der Waals surface area contributed by atoms with Crippen LogP contribution in [0.25, 0.3) is 16.9 Å². The lowest BCUT2D eigenvalue weighted by molar-refractivity contribution is 0.932.